The van der Waals surface area contributed by atoms with E-state index in [0.717, 1.165) is 11.3 Å². The Kier molecular flexibility index (Phi) is 3.39. The maximum Gasteiger partial charge on any atom is 0.0881 e. The van der Waals surface area contributed by atoms with Gasteiger partial charge < -0.3 is 5.11 Å². The first-order valence-electron chi connectivity index (χ1n) is 3.41. The first-order valence-corrected chi connectivity index (χ1v) is 4.81. The second kappa shape index (κ2) is 4.36. The highest BCUT2D eigenvalue weighted by molar-refractivity contribution is 7.98. The van der Waals surface area contributed by atoms with Crippen molar-refractivity contribution in [2.24, 2.45) is 0 Å². The van der Waals surface area contributed by atoms with Crippen molar-refractivity contribution in [1.29, 1.82) is 0 Å². The molecule has 0 aromatic carbocycles. The molecule has 0 saturated heterocycles. The van der Waals surface area contributed by atoms with Crippen LogP contribution >= 0.6 is 11.8 Å². The van der Waals surface area contributed by atoms with Crippen LogP contribution in [-0.2, 0) is 0 Å². The lowest BCUT2D eigenvalue weighted by molar-refractivity contribution is 0.204. The van der Waals surface area contributed by atoms with Crippen LogP contribution in [0.4, 0.5) is 0 Å². The minimum Gasteiger partial charge on any atom is -0.388 e. The predicted molar refractivity (Wildman–Crippen MR) is 47.6 cm³/mol. The van der Waals surface area contributed by atoms with Crippen LogP contribution in [-0.4, -0.2) is 22.1 Å². The molecule has 0 amide bonds. The number of aliphatic hydroxyl groups excluding tert-OH is 1. The fourth-order valence-electron chi connectivity index (χ4n) is 0.840. The standard InChI is InChI=1S/C8H11NOS/c1-11-6-8(10)7-2-4-9-5-3-7/h2-5,8,10H,6H2,1H3. The Balaban J connectivity index is 2.61. The highest BCUT2D eigenvalue weighted by Crippen LogP contribution is 2.14. The molecular weight excluding hydrogens is 158 g/mol. The van der Waals surface area contributed by atoms with Crippen LogP contribution in [0.2, 0.25) is 0 Å². The Morgan fingerprint density at radius 1 is 1.55 bits per heavy atom. The van der Waals surface area contributed by atoms with E-state index in [4.69, 9.17) is 0 Å². The molecule has 0 radical (unpaired) electrons. The molecule has 1 aromatic rings. The minimum atomic E-state index is -0.354. The summed E-state index contributed by atoms with van der Waals surface area (Å²) in [5, 5.41) is 9.47. The molecule has 1 rings (SSSR count). The lowest BCUT2D eigenvalue weighted by Gasteiger charge is -2.07. The molecule has 0 aliphatic rings. The maximum atomic E-state index is 9.47. The van der Waals surface area contributed by atoms with Crippen LogP contribution in [0.5, 0.6) is 0 Å². The van der Waals surface area contributed by atoms with Gasteiger partial charge in [0.1, 0.15) is 0 Å². The van der Waals surface area contributed by atoms with Gasteiger partial charge in [-0.15, -0.1) is 0 Å². The summed E-state index contributed by atoms with van der Waals surface area (Å²) in [7, 11) is 0. The van der Waals surface area contributed by atoms with E-state index in [1.165, 1.54) is 0 Å². The van der Waals surface area contributed by atoms with Crippen LogP contribution in [0.3, 0.4) is 0 Å². The molecule has 0 aliphatic heterocycles. The molecule has 0 spiro atoms. The lowest BCUT2D eigenvalue weighted by Crippen LogP contribution is -1.99. The summed E-state index contributed by atoms with van der Waals surface area (Å²) in [6.07, 6.45) is 5.01. The van der Waals surface area contributed by atoms with Gasteiger partial charge in [-0.1, -0.05) is 0 Å². The van der Waals surface area contributed by atoms with Crippen LogP contribution in [0, 0.1) is 0 Å². The molecule has 2 nitrogen and oxygen atoms in total. The molecule has 1 aromatic heterocycles. The van der Waals surface area contributed by atoms with Gasteiger partial charge in [0.05, 0.1) is 6.10 Å². The molecule has 0 aliphatic carbocycles. The maximum absolute atomic E-state index is 9.47. The first kappa shape index (κ1) is 8.56. The highest BCUT2D eigenvalue weighted by atomic mass is 32.2. The van der Waals surface area contributed by atoms with E-state index in [9.17, 15) is 5.11 Å². The molecule has 1 unspecified atom stereocenters. The molecule has 0 bridgehead atoms. The largest absolute Gasteiger partial charge is 0.388 e. The Morgan fingerprint density at radius 2 is 2.18 bits per heavy atom. The number of thioether (sulfide) groups is 1. The number of pyridine rings is 1. The second-order valence-corrected chi connectivity index (χ2v) is 3.16. The molecule has 11 heavy (non-hydrogen) atoms. The summed E-state index contributed by atoms with van der Waals surface area (Å²) in [5.41, 5.74) is 0.939. The fraction of sp³-hybridized carbons (Fsp3) is 0.375. The monoisotopic (exact) mass is 169 g/mol. The van der Waals surface area contributed by atoms with Gasteiger partial charge >= 0.3 is 0 Å². The molecule has 1 N–H and O–H groups in total. The average molecular weight is 169 g/mol. The zero-order chi connectivity index (χ0) is 8.10. The molecule has 60 valence electrons. The number of hydrogen-bond donors (Lipinski definition) is 1. The molecule has 0 fully saturated rings. The molecule has 1 atom stereocenters. The van der Waals surface area contributed by atoms with Crippen molar-refractivity contribution in [2.45, 2.75) is 6.10 Å². The van der Waals surface area contributed by atoms with Gasteiger partial charge in [-0.3, -0.25) is 4.98 Å². The highest BCUT2D eigenvalue weighted by Gasteiger charge is 2.04. The normalized spacial score (nSPS) is 12.9. The quantitative estimate of drug-likeness (QED) is 0.744. The topological polar surface area (TPSA) is 33.1 Å². The third-order valence-electron chi connectivity index (χ3n) is 1.42. The summed E-state index contributed by atoms with van der Waals surface area (Å²) in [5.74, 6) is 0.740. The summed E-state index contributed by atoms with van der Waals surface area (Å²) >= 11 is 1.63. The third-order valence-corrected chi connectivity index (χ3v) is 2.06. The van der Waals surface area contributed by atoms with Crippen molar-refractivity contribution in [2.75, 3.05) is 12.0 Å². The summed E-state index contributed by atoms with van der Waals surface area (Å²) in [4.78, 5) is 3.87. The van der Waals surface area contributed by atoms with Gasteiger partial charge in [0.15, 0.2) is 0 Å². The van der Waals surface area contributed by atoms with E-state index < -0.39 is 0 Å². The van der Waals surface area contributed by atoms with Crippen molar-refractivity contribution in [3.05, 3.63) is 30.1 Å². The molecule has 0 saturated carbocycles. The van der Waals surface area contributed by atoms with Crippen molar-refractivity contribution < 1.29 is 5.11 Å². The predicted octanol–water partition coefficient (Wildman–Crippen LogP) is 1.48. The SMILES string of the molecule is CSCC(O)c1ccncc1. The second-order valence-electron chi connectivity index (χ2n) is 2.25. The number of nitrogens with zero attached hydrogens (tertiary/aromatic N) is 1. The van der Waals surface area contributed by atoms with Crippen LogP contribution < -0.4 is 0 Å². The van der Waals surface area contributed by atoms with Crippen molar-refractivity contribution in [1.82, 2.24) is 4.98 Å². The van der Waals surface area contributed by atoms with E-state index >= 15 is 0 Å². The van der Waals surface area contributed by atoms with E-state index in [2.05, 4.69) is 4.98 Å². The minimum absolute atomic E-state index is 0.354. The van der Waals surface area contributed by atoms with Crippen molar-refractivity contribution in [3.63, 3.8) is 0 Å². The number of aromatic nitrogens is 1. The lowest BCUT2D eigenvalue weighted by atomic mass is 10.2. The Hall–Kier alpha value is -0.540. The van der Waals surface area contributed by atoms with Gasteiger partial charge in [0.25, 0.3) is 0 Å². The summed E-state index contributed by atoms with van der Waals surface area (Å²) < 4.78 is 0. The smallest absolute Gasteiger partial charge is 0.0881 e. The number of aliphatic hydroxyl groups is 1. The molecular formula is C8H11NOS. The Morgan fingerprint density at radius 3 is 2.73 bits per heavy atom. The summed E-state index contributed by atoms with van der Waals surface area (Å²) in [6.45, 7) is 0. The van der Waals surface area contributed by atoms with Gasteiger partial charge in [0.2, 0.25) is 0 Å². The van der Waals surface area contributed by atoms with E-state index in [-0.39, 0.29) is 6.10 Å². The molecule has 1 heterocycles. The Labute approximate surface area is 70.7 Å². The zero-order valence-electron chi connectivity index (χ0n) is 6.40. The third kappa shape index (κ3) is 2.52. The summed E-state index contributed by atoms with van der Waals surface area (Å²) in [6, 6.07) is 3.67. The van der Waals surface area contributed by atoms with Crippen molar-refractivity contribution in [3.8, 4) is 0 Å². The van der Waals surface area contributed by atoms with Crippen molar-refractivity contribution >= 4 is 11.8 Å². The van der Waals surface area contributed by atoms with Gasteiger partial charge in [-0.2, -0.15) is 11.8 Å². The van der Waals surface area contributed by atoms with Gasteiger partial charge in [-0.25, -0.2) is 0 Å². The van der Waals surface area contributed by atoms with Crippen LogP contribution in [0.25, 0.3) is 0 Å². The van der Waals surface area contributed by atoms with E-state index in [1.54, 1.807) is 24.2 Å². The van der Waals surface area contributed by atoms with Crippen LogP contribution in [0.15, 0.2) is 24.5 Å². The first-order chi connectivity index (χ1) is 5.34. The van der Waals surface area contributed by atoms with E-state index in [1.807, 2.05) is 18.4 Å². The fourth-order valence-corrected chi connectivity index (χ4v) is 1.35. The Bertz CT molecular complexity index is 203. The molecule has 3 heteroatoms. The number of hydrogen-bond acceptors (Lipinski definition) is 3. The van der Waals surface area contributed by atoms with Gasteiger partial charge in [0, 0.05) is 18.1 Å². The average Bonchev–Trinajstić information content (AvgIpc) is 2.07. The van der Waals surface area contributed by atoms with Crippen LogP contribution in [0.1, 0.15) is 11.7 Å². The van der Waals surface area contributed by atoms with Gasteiger partial charge in [-0.05, 0) is 24.0 Å². The van der Waals surface area contributed by atoms with E-state index in [0.29, 0.717) is 0 Å². The zero-order valence-corrected chi connectivity index (χ0v) is 7.21. The number of rotatable bonds is 3.